The molecule has 2 atom stereocenters. The molecule has 0 rings (SSSR count). The molecule has 0 aromatic carbocycles. The highest BCUT2D eigenvalue weighted by atomic mass is 16.5. The molecular formula is C70H135NO5. The van der Waals surface area contributed by atoms with Crippen molar-refractivity contribution in [2.75, 3.05) is 13.2 Å². The van der Waals surface area contributed by atoms with Crippen molar-refractivity contribution in [1.29, 1.82) is 0 Å². The first-order valence-electron chi connectivity index (χ1n) is 34.6. The van der Waals surface area contributed by atoms with E-state index in [1.165, 1.54) is 302 Å². The van der Waals surface area contributed by atoms with Crippen LogP contribution < -0.4 is 5.32 Å². The molecule has 0 radical (unpaired) electrons. The van der Waals surface area contributed by atoms with Crippen molar-refractivity contribution in [3.8, 4) is 0 Å². The first-order chi connectivity index (χ1) is 37.5. The molecule has 3 N–H and O–H groups in total. The van der Waals surface area contributed by atoms with Crippen molar-refractivity contribution in [2.24, 2.45) is 0 Å². The fourth-order valence-electron chi connectivity index (χ4n) is 11.0. The Morgan fingerprint density at radius 2 is 0.658 bits per heavy atom. The first kappa shape index (κ1) is 74.3. The number of hydrogen-bond donors (Lipinski definition) is 3. The van der Waals surface area contributed by atoms with Crippen molar-refractivity contribution >= 4 is 11.9 Å². The zero-order chi connectivity index (χ0) is 55.0. The molecule has 2 unspecified atom stereocenters. The third kappa shape index (κ3) is 61.6. The molecule has 0 spiro atoms. The summed E-state index contributed by atoms with van der Waals surface area (Å²) in [5.41, 5.74) is 0. The smallest absolute Gasteiger partial charge is 0.305 e. The van der Waals surface area contributed by atoms with E-state index in [-0.39, 0.29) is 18.5 Å². The van der Waals surface area contributed by atoms with Crippen molar-refractivity contribution in [3.63, 3.8) is 0 Å². The molecule has 0 aromatic heterocycles. The van der Waals surface area contributed by atoms with Crippen LogP contribution >= 0.6 is 0 Å². The van der Waals surface area contributed by atoms with Gasteiger partial charge in [-0.25, -0.2) is 0 Å². The van der Waals surface area contributed by atoms with Crippen LogP contribution in [0.25, 0.3) is 0 Å². The van der Waals surface area contributed by atoms with Crippen molar-refractivity contribution < 1.29 is 24.5 Å². The predicted octanol–water partition coefficient (Wildman–Crippen LogP) is 22.1. The number of amides is 1. The molecule has 76 heavy (non-hydrogen) atoms. The third-order valence-corrected chi connectivity index (χ3v) is 16.3. The monoisotopic (exact) mass is 1070 g/mol. The Morgan fingerprint density at radius 3 is 1.01 bits per heavy atom. The number of unbranched alkanes of at least 4 members (excludes halogenated alkanes) is 50. The van der Waals surface area contributed by atoms with Crippen LogP contribution in [-0.2, 0) is 14.3 Å². The zero-order valence-electron chi connectivity index (χ0n) is 51.5. The predicted molar refractivity (Wildman–Crippen MR) is 333 cm³/mol. The fourth-order valence-corrected chi connectivity index (χ4v) is 11.0. The Bertz CT molecular complexity index is 1190. The van der Waals surface area contributed by atoms with Gasteiger partial charge in [0.05, 0.1) is 25.4 Å². The maximum absolute atomic E-state index is 12.5. The molecule has 0 heterocycles. The lowest BCUT2D eigenvalue weighted by molar-refractivity contribution is -0.143. The van der Waals surface area contributed by atoms with Crippen LogP contribution in [0.15, 0.2) is 24.3 Å². The van der Waals surface area contributed by atoms with Crippen molar-refractivity contribution in [2.45, 2.75) is 398 Å². The second-order valence-electron chi connectivity index (χ2n) is 23.9. The minimum absolute atomic E-state index is 0.000728. The normalized spacial score (nSPS) is 12.6. The Balaban J connectivity index is 3.38. The van der Waals surface area contributed by atoms with Crippen LogP contribution in [-0.4, -0.2) is 47.4 Å². The van der Waals surface area contributed by atoms with Crippen LogP contribution in [0.5, 0.6) is 0 Å². The summed E-state index contributed by atoms with van der Waals surface area (Å²) in [7, 11) is 0. The standard InChI is InChI=1S/C70H135NO5/c1-3-5-7-9-11-13-15-17-19-21-22-25-28-31-34-38-42-46-50-54-58-62-68(73)67(66-72)71-69(74)63-59-55-51-47-43-39-35-32-29-26-23-24-27-30-33-37-41-45-49-53-57-61-65-76-70(75)64-60-56-52-48-44-40-36-20-18-16-14-12-10-8-6-4-2/h14,16,20,36,67-68,72-73H,3-13,15,17-19,21-35,37-66H2,1-2H3,(H,71,74)/b16-14-,36-20-. The quantitative estimate of drug-likeness (QED) is 0.0320. The third-order valence-electron chi connectivity index (χ3n) is 16.3. The lowest BCUT2D eigenvalue weighted by atomic mass is 10.0. The summed E-state index contributed by atoms with van der Waals surface area (Å²) in [5, 5.41) is 23.4. The molecular weight excluding hydrogens is 935 g/mol. The second-order valence-corrected chi connectivity index (χ2v) is 23.9. The van der Waals surface area contributed by atoms with Crippen LogP contribution in [0.4, 0.5) is 0 Å². The number of allylic oxidation sites excluding steroid dienone is 4. The van der Waals surface area contributed by atoms with E-state index in [2.05, 4.69) is 43.5 Å². The minimum Gasteiger partial charge on any atom is -0.466 e. The molecule has 0 aliphatic rings. The number of esters is 1. The summed E-state index contributed by atoms with van der Waals surface area (Å²) in [4.78, 5) is 24.6. The fraction of sp³-hybridized carbons (Fsp3) is 0.914. The summed E-state index contributed by atoms with van der Waals surface area (Å²) < 4.78 is 5.49. The average Bonchev–Trinajstić information content (AvgIpc) is 3.42. The lowest BCUT2D eigenvalue weighted by Crippen LogP contribution is -2.45. The van der Waals surface area contributed by atoms with E-state index < -0.39 is 12.1 Å². The van der Waals surface area contributed by atoms with Gasteiger partial charge in [0.25, 0.3) is 0 Å². The molecule has 6 heteroatoms. The number of hydrogen-bond acceptors (Lipinski definition) is 5. The second kappa shape index (κ2) is 65.9. The van der Waals surface area contributed by atoms with Gasteiger partial charge < -0.3 is 20.3 Å². The lowest BCUT2D eigenvalue weighted by Gasteiger charge is -2.22. The van der Waals surface area contributed by atoms with Crippen molar-refractivity contribution in [3.05, 3.63) is 24.3 Å². The molecule has 6 nitrogen and oxygen atoms in total. The van der Waals surface area contributed by atoms with Gasteiger partial charge in [0.15, 0.2) is 0 Å². The molecule has 0 aliphatic heterocycles. The Hall–Kier alpha value is -1.66. The number of nitrogens with one attached hydrogen (secondary N) is 1. The molecule has 0 saturated carbocycles. The summed E-state index contributed by atoms with van der Waals surface area (Å²) in [6.07, 6.45) is 82.1. The highest BCUT2D eigenvalue weighted by Gasteiger charge is 2.20. The van der Waals surface area contributed by atoms with Gasteiger partial charge in [-0.2, -0.15) is 0 Å². The van der Waals surface area contributed by atoms with E-state index in [1.807, 2.05) is 0 Å². The highest BCUT2D eigenvalue weighted by Crippen LogP contribution is 2.19. The van der Waals surface area contributed by atoms with Crippen molar-refractivity contribution in [1.82, 2.24) is 5.32 Å². The van der Waals surface area contributed by atoms with E-state index in [1.54, 1.807) is 0 Å². The number of aliphatic hydroxyl groups excluding tert-OH is 2. The van der Waals surface area contributed by atoms with Gasteiger partial charge in [-0.05, 0) is 57.8 Å². The number of rotatable bonds is 65. The van der Waals surface area contributed by atoms with Crippen LogP contribution in [0.3, 0.4) is 0 Å². The molecule has 0 aliphatic carbocycles. The van der Waals surface area contributed by atoms with E-state index >= 15 is 0 Å². The Labute approximate surface area is 475 Å². The van der Waals surface area contributed by atoms with Gasteiger partial charge in [0.2, 0.25) is 5.91 Å². The highest BCUT2D eigenvalue weighted by molar-refractivity contribution is 5.76. The van der Waals surface area contributed by atoms with E-state index in [0.717, 1.165) is 51.4 Å². The maximum atomic E-state index is 12.5. The van der Waals surface area contributed by atoms with E-state index in [9.17, 15) is 19.8 Å². The number of carbonyl (C=O) groups excluding carboxylic acids is 2. The van der Waals surface area contributed by atoms with Gasteiger partial charge in [0, 0.05) is 12.8 Å². The van der Waals surface area contributed by atoms with Gasteiger partial charge in [-0.3, -0.25) is 9.59 Å². The van der Waals surface area contributed by atoms with Gasteiger partial charge >= 0.3 is 5.97 Å². The van der Waals surface area contributed by atoms with Gasteiger partial charge in [-0.15, -0.1) is 0 Å². The molecule has 450 valence electrons. The van der Waals surface area contributed by atoms with E-state index in [4.69, 9.17) is 4.74 Å². The first-order valence-corrected chi connectivity index (χ1v) is 34.6. The molecule has 0 aromatic rings. The average molecular weight is 1070 g/mol. The number of aliphatic hydroxyl groups is 2. The van der Waals surface area contributed by atoms with E-state index in [0.29, 0.717) is 25.9 Å². The summed E-state index contributed by atoms with van der Waals surface area (Å²) in [6.45, 7) is 4.96. The van der Waals surface area contributed by atoms with Crippen LogP contribution in [0, 0.1) is 0 Å². The maximum Gasteiger partial charge on any atom is 0.305 e. The molecule has 0 saturated heterocycles. The zero-order valence-corrected chi connectivity index (χ0v) is 51.5. The molecule has 0 fully saturated rings. The van der Waals surface area contributed by atoms with Crippen LogP contribution in [0.2, 0.25) is 0 Å². The molecule has 1 amide bonds. The van der Waals surface area contributed by atoms with Gasteiger partial charge in [0.1, 0.15) is 0 Å². The number of carbonyl (C=O) groups is 2. The number of ether oxygens (including phenoxy) is 1. The SMILES string of the molecule is CCCCCC/C=C\C/C=C\CCCCCCCC(=O)OCCCCCCCCCCCCCCCCCCCCCCCCC(=O)NC(CO)C(O)CCCCCCCCCCCCCCCCCCCCCCC. The summed E-state index contributed by atoms with van der Waals surface area (Å²) >= 11 is 0. The van der Waals surface area contributed by atoms with Crippen LogP contribution in [0.1, 0.15) is 386 Å². The largest absolute Gasteiger partial charge is 0.466 e. The Morgan fingerprint density at radius 1 is 0.368 bits per heavy atom. The Kier molecular flexibility index (Phi) is 64.4. The topological polar surface area (TPSA) is 95.9 Å². The summed E-state index contributed by atoms with van der Waals surface area (Å²) in [6, 6.07) is -0.543. The molecule has 0 bridgehead atoms. The minimum atomic E-state index is -0.666. The van der Waals surface area contributed by atoms with Gasteiger partial charge in [-0.1, -0.05) is 340 Å². The summed E-state index contributed by atoms with van der Waals surface area (Å²) in [5.74, 6) is -0.0304.